The van der Waals surface area contributed by atoms with Gasteiger partial charge in [0.2, 0.25) is 0 Å². The van der Waals surface area contributed by atoms with Gasteiger partial charge in [-0.2, -0.15) is 5.10 Å². The molecule has 0 bridgehead atoms. The van der Waals surface area contributed by atoms with Crippen molar-refractivity contribution in [2.24, 2.45) is 0 Å². The summed E-state index contributed by atoms with van der Waals surface area (Å²) in [7, 11) is 0. The Morgan fingerprint density at radius 1 is 0.765 bits per heavy atom. The number of nitrogens with one attached hydrogen (secondary N) is 1. The zero-order valence-electron chi connectivity index (χ0n) is 18.2. The number of hydrogen-bond acceptors (Lipinski definition) is 2. The van der Waals surface area contributed by atoms with Crippen molar-refractivity contribution in [1.29, 1.82) is 0 Å². The molecule has 0 radical (unpaired) electrons. The molecule has 0 spiro atoms. The van der Waals surface area contributed by atoms with Crippen LogP contribution in [0.1, 0.15) is 5.56 Å². The number of ether oxygens (including phenoxy) is 1. The Morgan fingerprint density at radius 3 is 1.91 bits per heavy atom. The van der Waals surface area contributed by atoms with E-state index in [-0.39, 0.29) is 6.54 Å². The fourth-order valence-electron chi connectivity index (χ4n) is 4.21. The van der Waals surface area contributed by atoms with Crippen molar-refractivity contribution in [3.8, 4) is 28.2 Å². The average Bonchev–Trinajstić information content (AvgIpc) is 3.32. The third-order valence-electron chi connectivity index (χ3n) is 6.02. The van der Waals surface area contributed by atoms with Crippen LogP contribution in [0.25, 0.3) is 28.2 Å². The van der Waals surface area contributed by atoms with E-state index >= 15 is 17.6 Å². The molecule has 1 aliphatic heterocycles. The number of nitrogens with zero attached hydrogens (tertiary/aromatic N) is 2. The van der Waals surface area contributed by atoms with Crippen molar-refractivity contribution in [1.82, 2.24) is 9.78 Å². The van der Waals surface area contributed by atoms with Gasteiger partial charge in [-0.15, -0.1) is 0 Å². The summed E-state index contributed by atoms with van der Waals surface area (Å²) in [4.78, 5) is 0.797. The lowest BCUT2D eigenvalue weighted by Gasteiger charge is -2.24. The molecule has 174 valence electrons. The maximum Gasteiger partial charge on any atom is 0.188 e. The molecule has 0 aliphatic carbocycles. The van der Waals surface area contributed by atoms with Crippen LogP contribution in [0.5, 0.6) is 0 Å². The predicted octanol–water partition coefficient (Wildman–Crippen LogP) is 4.18. The fraction of sp³-hybridized carbons (Fsp3) is 0.192. The molecule has 3 aromatic carbocycles. The third kappa shape index (κ3) is 4.10. The van der Waals surface area contributed by atoms with Crippen molar-refractivity contribution < 1.29 is 27.2 Å². The molecule has 34 heavy (non-hydrogen) atoms. The first-order chi connectivity index (χ1) is 16.5. The van der Waals surface area contributed by atoms with Crippen LogP contribution in [0.4, 0.5) is 17.6 Å². The lowest BCUT2D eigenvalue weighted by Crippen LogP contribution is -3.12. The highest BCUT2D eigenvalue weighted by atomic mass is 19.2. The summed E-state index contributed by atoms with van der Waals surface area (Å²) < 4.78 is 67.2. The molecule has 2 heterocycles. The SMILES string of the molecule is Fc1c(F)c(-n2nc(-c3ccccc3)cc2-c2ccccc2)c(F)c(F)c1C[NH+]1CCOCC1. The molecular weight excluding hydrogens is 446 g/mol. The summed E-state index contributed by atoms with van der Waals surface area (Å²) in [5, 5.41) is 4.36. The van der Waals surface area contributed by atoms with E-state index in [1.54, 1.807) is 60.7 Å². The highest BCUT2D eigenvalue weighted by Gasteiger charge is 2.31. The number of hydrogen-bond donors (Lipinski definition) is 1. The quantitative estimate of drug-likeness (QED) is 0.352. The first-order valence-corrected chi connectivity index (χ1v) is 11.0. The average molecular weight is 468 g/mol. The van der Waals surface area contributed by atoms with E-state index < -0.39 is 34.5 Å². The van der Waals surface area contributed by atoms with Gasteiger partial charge in [0, 0.05) is 11.1 Å². The zero-order valence-corrected chi connectivity index (χ0v) is 18.2. The van der Waals surface area contributed by atoms with Crippen LogP contribution in [-0.4, -0.2) is 36.1 Å². The van der Waals surface area contributed by atoms with E-state index in [1.165, 1.54) is 0 Å². The summed E-state index contributed by atoms with van der Waals surface area (Å²) in [5.41, 5.74) is 0.541. The Morgan fingerprint density at radius 2 is 1.32 bits per heavy atom. The lowest BCUT2D eigenvalue weighted by atomic mass is 10.1. The summed E-state index contributed by atoms with van der Waals surface area (Å²) >= 11 is 0. The molecule has 0 amide bonds. The minimum Gasteiger partial charge on any atom is -0.370 e. The standard InChI is InChI=1S/C26H21F4N3O/c27-22-19(16-32-11-13-34-14-12-32)23(28)25(30)26(24(22)29)33-21(18-9-5-2-6-10-18)15-20(31-33)17-7-3-1-4-8-17/h1-10,15H,11-14,16H2/p+1. The Labute approximate surface area is 194 Å². The van der Waals surface area contributed by atoms with Crippen LogP contribution in [0.3, 0.4) is 0 Å². The summed E-state index contributed by atoms with van der Waals surface area (Å²) in [6.07, 6.45) is 0. The summed E-state index contributed by atoms with van der Waals surface area (Å²) in [5.74, 6) is -5.74. The van der Waals surface area contributed by atoms with E-state index in [1.807, 2.05) is 6.07 Å². The molecule has 1 fully saturated rings. The van der Waals surface area contributed by atoms with Gasteiger partial charge < -0.3 is 9.64 Å². The Balaban J connectivity index is 1.66. The van der Waals surface area contributed by atoms with Crippen molar-refractivity contribution in [2.45, 2.75) is 6.54 Å². The lowest BCUT2D eigenvalue weighted by molar-refractivity contribution is -0.921. The summed E-state index contributed by atoms with van der Waals surface area (Å²) in [6.45, 7) is 1.69. The molecule has 0 unspecified atom stereocenters. The Kier molecular flexibility index (Phi) is 6.17. The van der Waals surface area contributed by atoms with E-state index in [0.717, 1.165) is 9.58 Å². The molecule has 0 saturated carbocycles. The van der Waals surface area contributed by atoms with E-state index in [2.05, 4.69) is 5.10 Å². The van der Waals surface area contributed by atoms with Crippen LogP contribution in [-0.2, 0) is 11.3 Å². The second kappa shape index (κ2) is 9.40. The number of halogens is 4. The summed E-state index contributed by atoms with van der Waals surface area (Å²) in [6, 6.07) is 19.5. The van der Waals surface area contributed by atoms with Crippen molar-refractivity contribution in [3.63, 3.8) is 0 Å². The molecule has 5 rings (SSSR count). The second-order valence-corrected chi connectivity index (χ2v) is 8.18. The van der Waals surface area contributed by atoms with Crippen LogP contribution in [0.15, 0.2) is 66.7 Å². The molecule has 4 aromatic rings. The Hall–Kier alpha value is -3.49. The van der Waals surface area contributed by atoms with Gasteiger partial charge in [0.05, 0.1) is 30.2 Å². The van der Waals surface area contributed by atoms with Crippen molar-refractivity contribution in [3.05, 3.63) is 95.6 Å². The number of quaternary nitrogens is 1. The van der Waals surface area contributed by atoms with Crippen LogP contribution in [0.2, 0.25) is 0 Å². The third-order valence-corrected chi connectivity index (χ3v) is 6.02. The Bertz CT molecular complexity index is 1270. The molecule has 8 heteroatoms. The first kappa shape index (κ1) is 22.3. The largest absolute Gasteiger partial charge is 0.370 e. The molecule has 1 aliphatic rings. The maximum absolute atomic E-state index is 15.4. The van der Waals surface area contributed by atoms with Gasteiger partial charge in [-0.3, -0.25) is 0 Å². The van der Waals surface area contributed by atoms with Gasteiger partial charge >= 0.3 is 0 Å². The van der Waals surface area contributed by atoms with E-state index in [9.17, 15) is 0 Å². The maximum atomic E-state index is 15.4. The van der Waals surface area contributed by atoms with Gasteiger partial charge in [-0.1, -0.05) is 60.7 Å². The molecule has 1 saturated heterocycles. The van der Waals surface area contributed by atoms with Gasteiger partial charge in [-0.25, -0.2) is 22.2 Å². The normalized spacial score (nSPS) is 14.5. The highest BCUT2D eigenvalue weighted by molar-refractivity contribution is 5.70. The van der Waals surface area contributed by atoms with Gasteiger partial charge in [-0.05, 0) is 6.07 Å². The molecule has 0 atom stereocenters. The zero-order chi connectivity index (χ0) is 23.7. The minimum absolute atomic E-state index is 0.172. The van der Waals surface area contributed by atoms with Gasteiger partial charge in [0.1, 0.15) is 25.3 Å². The van der Waals surface area contributed by atoms with E-state index in [0.29, 0.717) is 48.8 Å². The van der Waals surface area contributed by atoms with Gasteiger partial charge in [0.25, 0.3) is 0 Å². The topological polar surface area (TPSA) is 31.5 Å². The first-order valence-electron chi connectivity index (χ1n) is 11.0. The van der Waals surface area contributed by atoms with Crippen molar-refractivity contribution in [2.75, 3.05) is 26.3 Å². The second-order valence-electron chi connectivity index (χ2n) is 8.18. The number of aromatic nitrogens is 2. The van der Waals surface area contributed by atoms with Crippen LogP contribution < -0.4 is 4.90 Å². The highest BCUT2D eigenvalue weighted by Crippen LogP contribution is 2.33. The monoisotopic (exact) mass is 468 g/mol. The fourth-order valence-corrected chi connectivity index (χ4v) is 4.21. The smallest absolute Gasteiger partial charge is 0.188 e. The van der Waals surface area contributed by atoms with Gasteiger partial charge in [0.15, 0.2) is 23.3 Å². The number of rotatable bonds is 5. The van der Waals surface area contributed by atoms with Crippen molar-refractivity contribution >= 4 is 0 Å². The van der Waals surface area contributed by atoms with E-state index in [4.69, 9.17) is 4.74 Å². The van der Waals surface area contributed by atoms with Crippen LogP contribution in [0, 0.1) is 23.3 Å². The number of benzene rings is 3. The number of morpholine rings is 1. The molecular formula is C26H22F4N3O+. The predicted molar refractivity (Wildman–Crippen MR) is 119 cm³/mol. The molecule has 1 N–H and O–H groups in total. The van der Waals surface area contributed by atoms with Crippen LogP contribution >= 0.6 is 0 Å². The molecule has 1 aromatic heterocycles. The molecule has 4 nitrogen and oxygen atoms in total. The minimum atomic E-state index is -1.47.